The Bertz CT molecular complexity index is 1100. The maximum Gasteiger partial charge on any atom is -0.00139 e. The van der Waals surface area contributed by atoms with Crippen LogP contribution in [0, 0.1) is 27.7 Å². The first-order chi connectivity index (χ1) is 15.5. The van der Waals surface area contributed by atoms with Gasteiger partial charge in [0.2, 0.25) is 0 Å². The Morgan fingerprint density at radius 2 is 0.406 bits per heavy atom. The molecule has 0 atom stereocenters. The van der Waals surface area contributed by atoms with Gasteiger partial charge in [-0.15, -0.1) is 0 Å². The fourth-order valence-corrected chi connectivity index (χ4v) is 4.47. The lowest BCUT2D eigenvalue weighted by Gasteiger charge is -2.33. The minimum Gasteiger partial charge on any atom is -0.0587 e. The summed E-state index contributed by atoms with van der Waals surface area (Å²) in [5.74, 6) is 0. The second kappa shape index (κ2) is 8.13. The molecule has 0 heteroatoms. The van der Waals surface area contributed by atoms with Gasteiger partial charge in [0, 0.05) is 0 Å². The molecule has 4 aromatic rings. The molecule has 156 valence electrons. The minimum atomic E-state index is 1.28. The number of benzene rings is 4. The highest BCUT2D eigenvalue weighted by atomic mass is 14.3. The van der Waals surface area contributed by atoms with E-state index in [1.165, 1.54) is 66.8 Å². The predicted molar refractivity (Wildman–Crippen MR) is 138 cm³/mol. The van der Waals surface area contributed by atoms with Gasteiger partial charge in [-0.3, -0.25) is 0 Å². The highest BCUT2D eigenvalue weighted by molar-refractivity contribution is 6.43. The van der Waals surface area contributed by atoms with E-state index in [-0.39, 0.29) is 0 Å². The summed E-state index contributed by atoms with van der Waals surface area (Å²) in [4.78, 5) is 0. The van der Waals surface area contributed by atoms with Crippen molar-refractivity contribution in [2.24, 2.45) is 0 Å². The van der Waals surface area contributed by atoms with Crippen molar-refractivity contribution in [2.45, 2.75) is 27.7 Å². The highest BCUT2D eigenvalue weighted by Crippen LogP contribution is 2.56. The molecule has 0 saturated carbocycles. The van der Waals surface area contributed by atoms with Crippen molar-refractivity contribution < 1.29 is 0 Å². The summed E-state index contributed by atoms with van der Waals surface area (Å²) in [6, 6.07) is 35.8. The Hall–Kier alpha value is -3.64. The van der Waals surface area contributed by atoms with E-state index in [1.807, 2.05) is 0 Å². The van der Waals surface area contributed by atoms with Crippen molar-refractivity contribution in [1.82, 2.24) is 0 Å². The standard InChI is InChI=1S/C32H28/c1-21-5-13-25(14-6-21)29-30(26-15-7-22(2)8-16-26)32(28-19-11-24(4)12-20-28)31(29)27-17-9-23(3)10-18-27/h5-20H,1-4H3. The van der Waals surface area contributed by atoms with Crippen molar-refractivity contribution in [2.75, 3.05) is 0 Å². The number of hydrogen-bond acceptors (Lipinski definition) is 0. The molecule has 0 amide bonds. The molecule has 0 bridgehead atoms. The Labute approximate surface area is 191 Å². The molecule has 0 fully saturated rings. The van der Waals surface area contributed by atoms with Crippen LogP contribution in [0.2, 0.25) is 0 Å². The van der Waals surface area contributed by atoms with Crippen LogP contribution in [0.5, 0.6) is 0 Å². The number of aryl methyl sites for hydroxylation is 4. The molecule has 0 aliphatic heterocycles. The zero-order chi connectivity index (χ0) is 22.2. The molecule has 0 radical (unpaired) electrons. The smallest absolute Gasteiger partial charge is 0.00139 e. The van der Waals surface area contributed by atoms with Crippen LogP contribution in [-0.2, 0) is 0 Å². The lowest BCUT2D eigenvalue weighted by Crippen LogP contribution is -2.10. The van der Waals surface area contributed by atoms with Gasteiger partial charge in [-0.05, 0) is 72.2 Å². The Morgan fingerprint density at radius 1 is 0.250 bits per heavy atom. The van der Waals surface area contributed by atoms with Gasteiger partial charge in [0.15, 0.2) is 0 Å². The SMILES string of the molecule is Cc1ccc(C2=C(c3ccc(C)cc3)C(c3ccc(C)cc3)=C2c2ccc(C)cc2)cc1. The van der Waals surface area contributed by atoms with Crippen LogP contribution in [0.3, 0.4) is 0 Å². The lowest BCUT2D eigenvalue weighted by molar-refractivity contribution is 1.42. The molecule has 0 unspecified atom stereocenters. The van der Waals surface area contributed by atoms with E-state index < -0.39 is 0 Å². The molecule has 1 aliphatic rings. The third-order valence-corrected chi connectivity index (χ3v) is 6.36. The summed E-state index contributed by atoms with van der Waals surface area (Å²) in [6.45, 7) is 8.59. The molecule has 0 heterocycles. The van der Waals surface area contributed by atoms with Crippen molar-refractivity contribution in [1.29, 1.82) is 0 Å². The maximum absolute atomic E-state index is 2.26. The lowest BCUT2D eigenvalue weighted by atomic mass is 9.69. The third-order valence-electron chi connectivity index (χ3n) is 6.36. The first kappa shape index (κ1) is 20.3. The fourth-order valence-electron chi connectivity index (χ4n) is 4.47. The van der Waals surface area contributed by atoms with Gasteiger partial charge >= 0.3 is 0 Å². The van der Waals surface area contributed by atoms with E-state index in [1.54, 1.807) is 0 Å². The van der Waals surface area contributed by atoms with Crippen LogP contribution in [0.15, 0.2) is 97.1 Å². The number of allylic oxidation sites excluding steroid dienone is 4. The maximum atomic E-state index is 2.26. The van der Waals surface area contributed by atoms with Gasteiger partial charge in [0.05, 0.1) is 0 Å². The van der Waals surface area contributed by atoms with Crippen LogP contribution < -0.4 is 0 Å². The van der Waals surface area contributed by atoms with E-state index in [0.29, 0.717) is 0 Å². The summed E-state index contributed by atoms with van der Waals surface area (Å²) in [5.41, 5.74) is 15.6. The molecule has 0 aromatic heterocycles. The molecule has 0 N–H and O–H groups in total. The van der Waals surface area contributed by atoms with Crippen molar-refractivity contribution in [3.63, 3.8) is 0 Å². The number of hydrogen-bond donors (Lipinski definition) is 0. The first-order valence-corrected chi connectivity index (χ1v) is 11.3. The van der Waals surface area contributed by atoms with Gasteiger partial charge in [-0.2, -0.15) is 0 Å². The van der Waals surface area contributed by atoms with E-state index in [9.17, 15) is 0 Å². The van der Waals surface area contributed by atoms with Gasteiger partial charge in [0.1, 0.15) is 0 Å². The molecular formula is C32H28. The summed E-state index contributed by atoms with van der Waals surface area (Å²) in [6.07, 6.45) is 0. The predicted octanol–water partition coefficient (Wildman–Crippen LogP) is 8.46. The third kappa shape index (κ3) is 3.63. The van der Waals surface area contributed by atoms with Crippen LogP contribution >= 0.6 is 0 Å². The second-order valence-electron chi connectivity index (χ2n) is 8.96. The molecule has 0 nitrogen and oxygen atoms in total. The molecule has 0 saturated heterocycles. The summed E-state index contributed by atoms with van der Waals surface area (Å²) in [7, 11) is 0. The van der Waals surface area contributed by atoms with Crippen molar-refractivity contribution in [3.8, 4) is 0 Å². The van der Waals surface area contributed by atoms with Gasteiger partial charge in [-0.25, -0.2) is 0 Å². The van der Waals surface area contributed by atoms with Crippen LogP contribution in [0.1, 0.15) is 44.5 Å². The Morgan fingerprint density at radius 3 is 0.562 bits per heavy atom. The van der Waals surface area contributed by atoms with Gasteiger partial charge in [-0.1, -0.05) is 119 Å². The highest BCUT2D eigenvalue weighted by Gasteiger charge is 2.32. The quantitative estimate of drug-likeness (QED) is 0.315. The second-order valence-corrected chi connectivity index (χ2v) is 8.96. The summed E-state index contributed by atoms with van der Waals surface area (Å²) in [5, 5.41) is 0. The summed E-state index contributed by atoms with van der Waals surface area (Å²) < 4.78 is 0. The van der Waals surface area contributed by atoms with Crippen molar-refractivity contribution in [3.05, 3.63) is 142 Å². The number of rotatable bonds is 4. The zero-order valence-electron chi connectivity index (χ0n) is 19.2. The molecule has 0 spiro atoms. The molecule has 4 aromatic carbocycles. The van der Waals surface area contributed by atoms with Gasteiger partial charge < -0.3 is 0 Å². The topological polar surface area (TPSA) is 0 Å². The van der Waals surface area contributed by atoms with Crippen LogP contribution in [-0.4, -0.2) is 0 Å². The van der Waals surface area contributed by atoms with Crippen LogP contribution in [0.4, 0.5) is 0 Å². The monoisotopic (exact) mass is 412 g/mol. The van der Waals surface area contributed by atoms with E-state index in [2.05, 4.69) is 125 Å². The van der Waals surface area contributed by atoms with Crippen LogP contribution in [0.25, 0.3) is 22.3 Å². The molecule has 32 heavy (non-hydrogen) atoms. The zero-order valence-corrected chi connectivity index (χ0v) is 19.2. The van der Waals surface area contributed by atoms with E-state index in [0.717, 1.165) is 0 Å². The first-order valence-electron chi connectivity index (χ1n) is 11.3. The Balaban J connectivity index is 1.79. The fraction of sp³-hybridized carbons (Fsp3) is 0.125. The average Bonchev–Trinajstić information content (AvgIpc) is 2.78. The molecular weight excluding hydrogens is 384 g/mol. The molecule has 5 rings (SSSR count). The largest absolute Gasteiger partial charge is 0.0587 e. The van der Waals surface area contributed by atoms with E-state index in [4.69, 9.17) is 0 Å². The molecule has 1 aliphatic carbocycles. The Kier molecular flexibility index (Phi) is 5.15. The van der Waals surface area contributed by atoms with Crippen molar-refractivity contribution >= 4 is 22.3 Å². The summed E-state index contributed by atoms with van der Waals surface area (Å²) >= 11 is 0. The van der Waals surface area contributed by atoms with E-state index >= 15 is 0 Å². The average molecular weight is 413 g/mol. The van der Waals surface area contributed by atoms with Gasteiger partial charge in [0.25, 0.3) is 0 Å². The minimum absolute atomic E-state index is 1.28. The normalized spacial score (nSPS) is 13.4.